The van der Waals surface area contributed by atoms with Crippen LogP contribution in [0.15, 0.2) is 41.8 Å². The molecule has 0 aliphatic rings. The van der Waals surface area contributed by atoms with Crippen molar-refractivity contribution in [2.75, 3.05) is 30.3 Å². The summed E-state index contributed by atoms with van der Waals surface area (Å²) in [5.41, 5.74) is 1.29. The molecule has 0 saturated heterocycles. The number of hydrogen-bond acceptors (Lipinski definition) is 5. The largest absolute Gasteiger partial charge is 0.348 e. The molecule has 0 radical (unpaired) electrons. The first-order chi connectivity index (χ1) is 13.4. The lowest BCUT2D eigenvalue weighted by molar-refractivity contribution is -0.124. The average molecular weight is 403 g/mol. The highest BCUT2D eigenvalue weighted by atomic mass is 32.1. The van der Waals surface area contributed by atoms with Crippen molar-refractivity contribution in [2.45, 2.75) is 26.8 Å². The second kappa shape index (κ2) is 10.6. The molecule has 0 fully saturated rings. The van der Waals surface area contributed by atoms with Gasteiger partial charge in [0.1, 0.15) is 0 Å². The van der Waals surface area contributed by atoms with Gasteiger partial charge in [-0.3, -0.25) is 19.3 Å². The van der Waals surface area contributed by atoms with E-state index < -0.39 is 0 Å². The number of hydrogen-bond donors (Lipinski definition) is 3. The molecule has 0 spiro atoms. The minimum absolute atomic E-state index is 0.0536. The van der Waals surface area contributed by atoms with Crippen LogP contribution in [-0.4, -0.2) is 42.3 Å². The summed E-state index contributed by atoms with van der Waals surface area (Å²) in [4.78, 5) is 38.5. The summed E-state index contributed by atoms with van der Waals surface area (Å²) in [6.45, 7) is 6.14. The van der Waals surface area contributed by atoms with Gasteiger partial charge in [-0.05, 0) is 49.2 Å². The van der Waals surface area contributed by atoms with Gasteiger partial charge in [0.05, 0.1) is 19.1 Å². The average Bonchev–Trinajstić information content (AvgIpc) is 3.17. The predicted octanol–water partition coefficient (Wildman–Crippen LogP) is 2.84. The summed E-state index contributed by atoms with van der Waals surface area (Å²) in [5, 5.41) is 10.4. The van der Waals surface area contributed by atoms with Crippen molar-refractivity contribution in [3.63, 3.8) is 0 Å². The lowest BCUT2D eigenvalue weighted by atomic mass is 10.2. The molecule has 28 heavy (non-hydrogen) atoms. The summed E-state index contributed by atoms with van der Waals surface area (Å²) in [7, 11) is 0. The Balaban J connectivity index is 1.81. The van der Waals surface area contributed by atoms with E-state index in [2.05, 4.69) is 16.0 Å². The molecule has 1 aromatic heterocycles. The van der Waals surface area contributed by atoms with Crippen molar-refractivity contribution in [1.29, 1.82) is 0 Å². The number of carbonyl (C=O) groups excluding carboxylic acids is 3. The Morgan fingerprint density at radius 1 is 1.00 bits per heavy atom. The maximum atomic E-state index is 12.3. The molecule has 3 amide bonds. The number of nitrogens with zero attached hydrogens (tertiary/aromatic N) is 1. The maximum Gasteiger partial charge on any atom is 0.238 e. The first kappa shape index (κ1) is 21.6. The molecule has 7 nitrogen and oxygen atoms in total. The fraction of sp³-hybridized carbons (Fsp3) is 0.350. The highest BCUT2D eigenvalue weighted by molar-refractivity contribution is 7.10. The van der Waals surface area contributed by atoms with Crippen LogP contribution in [-0.2, 0) is 14.4 Å². The van der Waals surface area contributed by atoms with Gasteiger partial charge in [-0.1, -0.05) is 13.0 Å². The number of anilines is 2. The van der Waals surface area contributed by atoms with Gasteiger partial charge < -0.3 is 16.0 Å². The summed E-state index contributed by atoms with van der Waals surface area (Å²) in [6.07, 6.45) is 0. The minimum atomic E-state index is -0.201. The van der Waals surface area contributed by atoms with Crippen LogP contribution in [0.3, 0.4) is 0 Å². The third-order valence-corrected chi connectivity index (χ3v) is 5.07. The first-order valence-corrected chi connectivity index (χ1v) is 9.98. The Kier molecular flexibility index (Phi) is 8.16. The maximum absolute atomic E-state index is 12.3. The Hall–Kier alpha value is -2.71. The van der Waals surface area contributed by atoms with Crippen molar-refractivity contribution in [2.24, 2.45) is 0 Å². The number of thiophene rings is 1. The Morgan fingerprint density at radius 3 is 2.14 bits per heavy atom. The van der Waals surface area contributed by atoms with E-state index in [1.54, 1.807) is 40.5 Å². The third kappa shape index (κ3) is 7.13. The van der Waals surface area contributed by atoms with E-state index in [1.807, 2.05) is 31.4 Å². The van der Waals surface area contributed by atoms with Crippen molar-refractivity contribution in [3.8, 4) is 0 Å². The fourth-order valence-electron chi connectivity index (χ4n) is 2.62. The molecular weight excluding hydrogens is 376 g/mol. The topological polar surface area (TPSA) is 90.5 Å². The Morgan fingerprint density at radius 2 is 1.61 bits per heavy atom. The zero-order valence-corrected chi connectivity index (χ0v) is 17.1. The molecule has 1 aromatic carbocycles. The normalized spacial score (nSPS) is 11.7. The van der Waals surface area contributed by atoms with Crippen LogP contribution in [0.4, 0.5) is 11.4 Å². The SMILES string of the molecule is CCN(CC(=O)Nc1ccc(NC(C)=O)cc1)CC(=O)N[C@@H](C)c1cccs1. The molecule has 8 heteroatoms. The standard InChI is InChI=1S/C20H26N4O3S/c1-4-24(12-19(26)21-14(2)18-6-5-11-28-18)13-20(27)23-17-9-7-16(8-10-17)22-15(3)25/h5-11,14H,4,12-13H2,1-3H3,(H,21,26)(H,22,25)(H,23,27)/t14-/m0/s1. The second-order valence-corrected chi connectivity index (χ2v) is 7.39. The number of benzene rings is 1. The molecule has 0 saturated carbocycles. The molecule has 0 aliphatic heterocycles. The third-order valence-electron chi connectivity index (χ3n) is 4.02. The lowest BCUT2D eigenvalue weighted by Crippen LogP contribution is -2.41. The van der Waals surface area contributed by atoms with Crippen LogP contribution in [0.5, 0.6) is 0 Å². The summed E-state index contributed by atoms with van der Waals surface area (Å²) in [6, 6.07) is 10.7. The number of likely N-dealkylation sites (N-methyl/N-ethyl adjacent to an activating group) is 1. The van der Waals surface area contributed by atoms with Gasteiger partial charge in [-0.25, -0.2) is 0 Å². The van der Waals surface area contributed by atoms with Gasteiger partial charge in [-0.15, -0.1) is 11.3 Å². The smallest absolute Gasteiger partial charge is 0.238 e. The molecule has 2 aromatic rings. The van der Waals surface area contributed by atoms with E-state index in [9.17, 15) is 14.4 Å². The molecule has 1 atom stereocenters. The zero-order chi connectivity index (χ0) is 20.5. The highest BCUT2D eigenvalue weighted by Crippen LogP contribution is 2.18. The molecule has 3 N–H and O–H groups in total. The van der Waals surface area contributed by atoms with Gasteiger partial charge in [0.2, 0.25) is 17.7 Å². The van der Waals surface area contributed by atoms with E-state index in [0.717, 1.165) is 4.88 Å². The van der Waals surface area contributed by atoms with Crippen LogP contribution in [0.1, 0.15) is 31.7 Å². The van der Waals surface area contributed by atoms with Crippen molar-refractivity contribution in [3.05, 3.63) is 46.7 Å². The summed E-state index contributed by atoms with van der Waals surface area (Å²) >= 11 is 1.60. The number of amides is 3. The molecule has 0 unspecified atom stereocenters. The van der Waals surface area contributed by atoms with Crippen molar-refractivity contribution in [1.82, 2.24) is 10.2 Å². The van der Waals surface area contributed by atoms with E-state index in [0.29, 0.717) is 17.9 Å². The molecule has 1 heterocycles. The van der Waals surface area contributed by atoms with Gasteiger partial charge >= 0.3 is 0 Å². The number of nitrogens with one attached hydrogen (secondary N) is 3. The predicted molar refractivity (Wildman–Crippen MR) is 112 cm³/mol. The van der Waals surface area contributed by atoms with Crippen LogP contribution in [0.25, 0.3) is 0 Å². The van der Waals surface area contributed by atoms with Gasteiger partial charge in [0.25, 0.3) is 0 Å². The summed E-state index contributed by atoms with van der Waals surface area (Å²) in [5.74, 6) is -0.467. The molecule has 150 valence electrons. The first-order valence-electron chi connectivity index (χ1n) is 9.10. The Labute approximate surface area is 169 Å². The molecule has 0 aliphatic carbocycles. The van der Waals surface area contributed by atoms with Gasteiger partial charge in [-0.2, -0.15) is 0 Å². The van der Waals surface area contributed by atoms with Crippen molar-refractivity contribution >= 4 is 40.4 Å². The Bertz CT molecular complexity index is 790. The van der Waals surface area contributed by atoms with Crippen LogP contribution < -0.4 is 16.0 Å². The van der Waals surface area contributed by atoms with E-state index in [4.69, 9.17) is 0 Å². The quantitative estimate of drug-likeness (QED) is 0.602. The van der Waals surface area contributed by atoms with Crippen LogP contribution >= 0.6 is 11.3 Å². The monoisotopic (exact) mass is 402 g/mol. The summed E-state index contributed by atoms with van der Waals surface area (Å²) < 4.78 is 0. The molecule has 2 rings (SSSR count). The molecular formula is C20H26N4O3S. The van der Waals surface area contributed by atoms with Crippen LogP contribution in [0, 0.1) is 0 Å². The molecule has 0 bridgehead atoms. The fourth-order valence-corrected chi connectivity index (χ4v) is 3.36. The van der Waals surface area contributed by atoms with Crippen molar-refractivity contribution < 1.29 is 14.4 Å². The minimum Gasteiger partial charge on any atom is -0.348 e. The second-order valence-electron chi connectivity index (χ2n) is 6.41. The highest BCUT2D eigenvalue weighted by Gasteiger charge is 2.16. The van der Waals surface area contributed by atoms with E-state index >= 15 is 0 Å². The lowest BCUT2D eigenvalue weighted by Gasteiger charge is -2.21. The number of carbonyl (C=O) groups is 3. The van der Waals surface area contributed by atoms with Crippen LogP contribution in [0.2, 0.25) is 0 Å². The number of rotatable bonds is 9. The van der Waals surface area contributed by atoms with E-state index in [1.165, 1.54) is 6.92 Å². The zero-order valence-electron chi connectivity index (χ0n) is 16.3. The van der Waals surface area contributed by atoms with Gasteiger partial charge in [0.15, 0.2) is 0 Å². The van der Waals surface area contributed by atoms with E-state index in [-0.39, 0.29) is 36.9 Å². The van der Waals surface area contributed by atoms with Gasteiger partial charge in [0, 0.05) is 23.2 Å².